The normalized spacial score (nSPS) is 14.3. The number of ether oxygens (including phenoxy) is 1. The van der Waals surface area contributed by atoms with Gasteiger partial charge in [0.1, 0.15) is 12.9 Å². The highest BCUT2D eigenvalue weighted by Gasteiger charge is 2.28. The van der Waals surface area contributed by atoms with Crippen LogP contribution in [0.15, 0.2) is 71.7 Å². The molecule has 1 N–H and O–H groups in total. The molecule has 0 radical (unpaired) electrons. The maximum atomic E-state index is 12.6. The zero-order chi connectivity index (χ0) is 20.8. The first-order valence-corrected chi connectivity index (χ1v) is 9.94. The number of benzene rings is 1. The minimum atomic E-state index is -0.132. The lowest BCUT2D eigenvalue weighted by molar-refractivity contribution is -0.121. The maximum absolute atomic E-state index is 12.6. The molecule has 7 heteroatoms. The Balaban J connectivity index is 1.24. The molecule has 1 aromatic carbocycles. The van der Waals surface area contributed by atoms with Gasteiger partial charge in [-0.15, -0.1) is 0 Å². The molecule has 0 aliphatic carbocycles. The Bertz CT molecular complexity index is 963. The first kappa shape index (κ1) is 19.7. The Labute approximate surface area is 174 Å². The summed E-state index contributed by atoms with van der Waals surface area (Å²) in [5.74, 6) is 0.262. The van der Waals surface area contributed by atoms with Crippen molar-refractivity contribution in [1.29, 1.82) is 0 Å². The van der Waals surface area contributed by atoms with E-state index in [2.05, 4.69) is 10.3 Å². The molecule has 30 heavy (non-hydrogen) atoms. The molecule has 1 saturated heterocycles. The van der Waals surface area contributed by atoms with E-state index in [0.717, 1.165) is 5.56 Å². The lowest BCUT2D eigenvalue weighted by Crippen LogP contribution is -2.41. The topological polar surface area (TPSA) is 84.7 Å². The van der Waals surface area contributed by atoms with Crippen molar-refractivity contribution in [2.45, 2.75) is 19.4 Å². The van der Waals surface area contributed by atoms with E-state index >= 15 is 0 Å². The Kier molecular flexibility index (Phi) is 6.08. The van der Waals surface area contributed by atoms with Crippen molar-refractivity contribution in [3.8, 4) is 5.88 Å². The first-order chi connectivity index (χ1) is 14.7. The maximum Gasteiger partial charge on any atom is 0.257 e. The van der Waals surface area contributed by atoms with Crippen LogP contribution in [0.25, 0.3) is 0 Å². The summed E-state index contributed by atoms with van der Waals surface area (Å²) in [5.41, 5.74) is 2.23. The van der Waals surface area contributed by atoms with Crippen LogP contribution in [-0.2, 0) is 11.4 Å². The van der Waals surface area contributed by atoms with Gasteiger partial charge in [0.2, 0.25) is 11.8 Å². The largest absolute Gasteiger partial charge is 0.473 e. The van der Waals surface area contributed by atoms with Crippen molar-refractivity contribution in [2.75, 3.05) is 18.4 Å². The Morgan fingerprint density at radius 1 is 1.10 bits per heavy atom. The molecule has 154 valence electrons. The summed E-state index contributed by atoms with van der Waals surface area (Å²) in [4.78, 5) is 30.9. The molecule has 2 aromatic heterocycles. The molecule has 3 aromatic rings. The second-order valence-corrected chi connectivity index (χ2v) is 7.23. The number of aromatic nitrogens is 1. The molecule has 0 bridgehead atoms. The number of likely N-dealkylation sites (tertiary alicyclic amines) is 1. The lowest BCUT2D eigenvalue weighted by Gasteiger charge is -2.31. The van der Waals surface area contributed by atoms with Gasteiger partial charge in [0.25, 0.3) is 5.91 Å². The van der Waals surface area contributed by atoms with E-state index in [4.69, 9.17) is 9.15 Å². The van der Waals surface area contributed by atoms with E-state index in [9.17, 15) is 9.59 Å². The van der Waals surface area contributed by atoms with Gasteiger partial charge in [0, 0.05) is 25.1 Å². The summed E-state index contributed by atoms with van der Waals surface area (Å²) in [6.45, 7) is 1.54. The Morgan fingerprint density at radius 2 is 1.90 bits per heavy atom. The van der Waals surface area contributed by atoms with Gasteiger partial charge in [-0.25, -0.2) is 4.98 Å². The van der Waals surface area contributed by atoms with Crippen LogP contribution in [0.2, 0.25) is 0 Å². The number of nitrogens with one attached hydrogen (secondary N) is 1. The Morgan fingerprint density at radius 3 is 2.57 bits per heavy atom. The molecule has 1 fully saturated rings. The van der Waals surface area contributed by atoms with Crippen molar-refractivity contribution in [3.63, 3.8) is 0 Å². The van der Waals surface area contributed by atoms with E-state index in [-0.39, 0.29) is 17.7 Å². The summed E-state index contributed by atoms with van der Waals surface area (Å²) in [7, 11) is 0. The third-order valence-corrected chi connectivity index (χ3v) is 5.15. The standard InChI is InChI=1S/C23H23N3O4/c27-22(18-8-11-26(12-9-18)23(28)19-10-13-29-16-19)25-20-6-7-21(24-14-20)30-15-17-4-2-1-3-5-17/h1-7,10,13-14,16,18H,8-9,11-12,15H2,(H,25,27). The molecule has 1 aliphatic heterocycles. The fourth-order valence-electron chi connectivity index (χ4n) is 3.43. The number of carbonyl (C=O) groups is 2. The lowest BCUT2D eigenvalue weighted by atomic mass is 9.95. The van der Waals surface area contributed by atoms with Crippen molar-refractivity contribution in [3.05, 3.63) is 78.4 Å². The van der Waals surface area contributed by atoms with E-state index in [0.29, 0.717) is 49.7 Å². The zero-order valence-corrected chi connectivity index (χ0v) is 16.5. The minimum absolute atomic E-state index is 0.0508. The van der Waals surface area contributed by atoms with Crippen LogP contribution in [0, 0.1) is 5.92 Å². The van der Waals surface area contributed by atoms with Crippen LogP contribution in [-0.4, -0.2) is 34.8 Å². The quantitative estimate of drug-likeness (QED) is 0.675. The highest BCUT2D eigenvalue weighted by molar-refractivity contribution is 5.95. The second-order valence-electron chi connectivity index (χ2n) is 7.23. The molecule has 2 amide bonds. The van der Waals surface area contributed by atoms with Gasteiger partial charge in [-0.3, -0.25) is 9.59 Å². The molecular weight excluding hydrogens is 382 g/mol. The number of hydrogen-bond acceptors (Lipinski definition) is 5. The number of piperidine rings is 1. The second kappa shape index (κ2) is 9.26. The average Bonchev–Trinajstić information content (AvgIpc) is 3.34. The van der Waals surface area contributed by atoms with Crippen LogP contribution >= 0.6 is 0 Å². The van der Waals surface area contributed by atoms with Crippen LogP contribution in [0.3, 0.4) is 0 Å². The number of pyridine rings is 1. The fraction of sp³-hybridized carbons (Fsp3) is 0.261. The van der Waals surface area contributed by atoms with Crippen molar-refractivity contribution in [2.24, 2.45) is 5.92 Å². The zero-order valence-electron chi connectivity index (χ0n) is 16.5. The smallest absolute Gasteiger partial charge is 0.257 e. The number of nitrogens with zero attached hydrogens (tertiary/aromatic N) is 2. The van der Waals surface area contributed by atoms with Crippen LogP contribution in [0.1, 0.15) is 28.8 Å². The fourth-order valence-corrected chi connectivity index (χ4v) is 3.43. The Hall–Kier alpha value is -3.61. The van der Waals surface area contributed by atoms with Crippen LogP contribution in [0.4, 0.5) is 5.69 Å². The molecule has 0 spiro atoms. The average molecular weight is 405 g/mol. The van der Waals surface area contributed by atoms with Crippen molar-refractivity contribution >= 4 is 17.5 Å². The molecule has 3 heterocycles. The summed E-state index contributed by atoms with van der Waals surface area (Å²) in [5, 5.41) is 2.91. The predicted molar refractivity (Wildman–Crippen MR) is 111 cm³/mol. The van der Waals surface area contributed by atoms with Gasteiger partial charge in [0.05, 0.1) is 23.7 Å². The van der Waals surface area contributed by atoms with Gasteiger partial charge in [-0.1, -0.05) is 30.3 Å². The molecule has 0 saturated carbocycles. The molecule has 0 unspecified atom stereocenters. The van der Waals surface area contributed by atoms with Crippen molar-refractivity contribution < 1.29 is 18.7 Å². The third-order valence-electron chi connectivity index (χ3n) is 5.15. The molecular formula is C23H23N3O4. The summed E-state index contributed by atoms with van der Waals surface area (Å²) < 4.78 is 10.6. The highest BCUT2D eigenvalue weighted by atomic mass is 16.5. The number of carbonyl (C=O) groups excluding carboxylic acids is 2. The number of amides is 2. The van der Waals surface area contributed by atoms with Crippen LogP contribution < -0.4 is 10.1 Å². The van der Waals surface area contributed by atoms with E-state index < -0.39 is 0 Å². The van der Waals surface area contributed by atoms with Gasteiger partial charge < -0.3 is 19.4 Å². The van der Waals surface area contributed by atoms with Crippen LogP contribution in [0.5, 0.6) is 5.88 Å². The minimum Gasteiger partial charge on any atom is -0.473 e. The van der Waals surface area contributed by atoms with E-state index in [1.807, 2.05) is 30.3 Å². The molecule has 1 aliphatic rings. The van der Waals surface area contributed by atoms with Gasteiger partial charge in [0.15, 0.2) is 0 Å². The molecule has 4 rings (SSSR count). The SMILES string of the molecule is O=C(Nc1ccc(OCc2ccccc2)nc1)C1CCN(C(=O)c2ccoc2)CC1. The summed E-state index contributed by atoms with van der Waals surface area (Å²) >= 11 is 0. The molecule has 7 nitrogen and oxygen atoms in total. The van der Waals surface area contributed by atoms with Gasteiger partial charge in [-0.05, 0) is 30.5 Å². The van der Waals surface area contributed by atoms with E-state index in [1.165, 1.54) is 12.5 Å². The third kappa shape index (κ3) is 4.86. The number of hydrogen-bond donors (Lipinski definition) is 1. The van der Waals surface area contributed by atoms with Gasteiger partial charge >= 0.3 is 0 Å². The highest BCUT2D eigenvalue weighted by Crippen LogP contribution is 2.21. The summed E-state index contributed by atoms with van der Waals surface area (Å²) in [6.07, 6.45) is 5.78. The number of rotatable bonds is 6. The number of furan rings is 1. The number of anilines is 1. The predicted octanol–water partition coefficient (Wildman–Crippen LogP) is 3.74. The summed E-state index contributed by atoms with van der Waals surface area (Å²) in [6, 6.07) is 15.0. The van der Waals surface area contributed by atoms with Gasteiger partial charge in [-0.2, -0.15) is 0 Å². The molecule has 0 atom stereocenters. The monoisotopic (exact) mass is 405 g/mol. The first-order valence-electron chi connectivity index (χ1n) is 9.94. The van der Waals surface area contributed by atoms with Crippen molar-refractivity contribution in [1.82, 2.24) is 9.88 Å². The van der Waals surface area contributed by atoms with E-state index in [1.54, 1.807) is 29.3 Å².